The van der Waals surface area contributed by atoms with Crippen LogP contribution in [0.4, 0.5) is 16.2 Å². The standard InChI is InChI=1S/C18H16Cl2N4O/c19-14-4-5-16(20)17(11-14)23-6-8-24(9-7-23)18(25)22-15-3-1-2-13(10-15)12-21/h1-5,10-11H,6-9H2,(H,22,25). The molecule has 0 aliphatic carbocycles. The highest BCUT2D eigenvalue weighted by atomic mass is 35.5. The number of nitriles is 1. The topological polar surface area (TPSA) is 59.4 Å². The van der Waals surface area contributed by atoms with E-state index in [1.165, 1.54) is 0 Å². The Kier molecular flexibility index (Phi) is 5.32. The predicted octanol–water partition coefficient (Wildman–Crippen LogP) is 4.22. The molecule has 1 aliphatic rings. The number of benzene rings is 2. The maximum atomic E-state index is 12.4. The Morgan fingerprint density at radius 1 is 1.08 bits per heavy atom. The van der Waals surface area contributed by atoms with Crippen molar-refractivity contribution in [2.24, 2.45) is 0 Å². The second kappa shape index (κ2) is 7.64. The summed E-state index contributed by atoms with van der Waals surface area (Å²) in [5.74, 6) is 0. The number of amides is 2. The van der Waals surface area contributed by atoms with Gasteiger partial charge in [-0.3, -0.25) is 0 Å². The Hall–Kier alpha value is -2.42. The smallest absolute Gasteiger partial charge is 0.321 e. The van der Waals surface area contributed by atoms with Gasteiger partial charge in [-0.25, -0.2) is 4.79 Å². The molecule has 2 aromatic carbocycles. The molecular weight excluding hydrogens is 359 g/mol. The van der Waals surface area contributed by atoms with Gasteiger partial charge in [0.2, 0.25) is 0 Å². The van der Waals surface area contributed by atoms with Gasteiger partial charge in [0, 0.05) is 36.9 Å². The molecule has 5 nitrogen and oxygen atoms in total. The Balaban J connectivity index is 1.61. The van der Waals surface area contributed by atoms with E-state index in [9.17, 15) is 4.79 Å². The van der Waals surface area contributed by atoms with Crippen molar-refractivity contribution >= 4 is 40.6 Å². The van der Waals surface area contributed by atoms with Crippen LogP contribution < -0.4 is 10.2 Å². The van der Waals surface area contributed by atoms with Crippen LogP contribution in [-0.4, -0.2) is 37.1 Å². The SMILES string of the molecule is N#Cc1cccc(NC(=O)N2CCN(c3cc(Cl)ccc3Cl)CC2)c1. The van der Waals surface area contributed by atoms with Crippen molar-refractivity contribution in [2.45, 2.75) is 0 Å². The molecule has 1 heterocycles. The Morgan fingerprint density at radius 3 is 2.56 bits per heavy atom. The summed E-state index contributed by atoms with van der Waals surface area (Å²) < 4.78 is 0. The molecule has 25 heavy (non-hydrogen) atoms. The van der Waals surface area contributed by atoms with Crippen molar-refractivity contribution < 1.29 is 4.79 Å². The number of carbonyl (C=O) groups is 1. The molecule has 0 unspecified atom stereocenters. The van der Waals surface area contributed by atoms with Crippen molar-refractivity contribution in [1.29, 1.82) is 5.26 Å². The highest BCUT2D eigenvalue weighted by molar-refractivity contribution is 6.35. The molecule has 0 radical (unpaired) electrons. The van der Waals surface area contributed by atoms with Gasteiger partial charge in [-0.1, -0.05) is 29.3 Å². The molecular formula is C18H16Cl2N4O. The molecule has 1 saturated heterocycles. The van der Waals surface area contributed by atoms with E-state index in [0.717, 1.165) is 5.69 Å². The van der Waals surface area contributed by atoms with Crippen LogP contribution >= 0.6 is 23.2 Å². The van der Waals surface area contributed by atoms with Crippen LogP contribution in [0, 0.1) is 11.3 Å². The fraction of sp³-hybridized carbons (Fsp3) is 0.222. The number of nitrogens with one attached hydrogen (secondary N) is 1. The Morgan fingerprint density at radius 2 is 1.84 bits per heavy atom. The summed E-state index contributed by atoms with van der Waals surface area (Å²) in [5.41, 5.74) is 2.01. The van der Waals surface area contributed by atoms with Gasteiger partial charge in [-0.05, 0) is 36.4 Å². The number of piperazine rings is 1. The number of hydrogen-bond acceptors (Lipinski definition) is 3. The molecule has 0 atom stereocenters. The summed E-state index contributed by atoms with van der Waals surface area (Å²) >= 11 is 12.3. The second-order valence-corrected chi connectivity index (χ2v) is 6.54. The number of halogens is 2. The van der Waals surface area contributed by atoms with Crippen LogP contribution in [0.5, 0.6) is 0 Å². The fourth-order valence-electron chi connectivity index (χ4n) is 2.75. The zero-order valence-electron chi connectivity index (χ0n) is 13.4. The van der Waals surface area contributed by atoms with Gasteiger partial charge in [0.15, 0.2) is 0 Å². The summed E-state index contributed by atoms with van der Waals surface area (Å²) in [5, 5.41) is 13.0. The third kappa shape index (κ3) is 4.16. The van der Waals surface area contributed by atoms with Gasteiger partial charge >= 0.3 is 6.03 Å². The monoisotopic (exact) mass is 374 g/mol. The second-order valence-electron chi connectivity index (χ2n) is 5.69. The van der Waals surface area contributed by atoms with Crippen molar-refractivity contribution in [2.75, 3.05) is 36.4 Å². The molecule has 3 rings (SSSR count). The van der Waals surface area contributed by atoms with Gasteiger partial charge < -0.3 is 15.1 Å². The van der Waals surface area contributed by atoms with Gasteiger partial charge in [-0.15, -0.1) is 0 Å². The lowest BCUT2D eigenvalue weighted by Crippen LogP contribution is -2.50. The lowest BCUT2D eigenvalue weighted by Gasteiger charge is -2.36. The third-order valence-corrected chi connectivity index (χ3v) is 4.61. The number of urea groups is 1. The normalized spacial score (nSPS) is 14.1. The zero-order chi connectivity index (χ0) is 17.8. The zero-order valence-corrected chi connectivity index (χ0v) is 14.9. The molecule has 2 aromatic rings. The van der Waals surface area contributed by atoms with E-state index in [4.69, 9.17) is 28.5 Å². The number of hydrogen-bond donors (Lipinski definition) is 1. The molecule has 1 fully saturated rings. The molecule has 128 valence electrons. The summed E-state index contributed by atoms with van der Waals surface area (Å²) in [6.45, 7) is 2.50. The van der Waals surface area contributed by atoms with Crippen LogP contribution in [0.1, 0.15) is 5.56 Å². The predicted molar refractivity (Wildman–Crippen MR) is 100 cm³/mol. The fourth-order valence-corrected chi connectivity index (χ4v) is 3.15. The number of nitrogens with zero attached hydrogens (tertiary/aromatic N) is 3. The summed E-state index contributed by atoms with van der Waals surface area (Å²) in [6.07, 6.45) is 0. The van der Waals surface area contributed by atoms with E-state index in [2.05, 4.69) is 16.3 Å². The van der Waals surface area contributed by atoms with Crippen LogP contribution in [0.25, 0.3) is 0 Å². The summed E-state index contributed by atoms with van der Waals surface area (Å²) in [7, 11) is 0. The molecule has 0 bridgehead atoms. The van der Waals surface area contributed by atoms with Crippen LogP contribution in [-0.2, 0) is 0 Å². The molecule has 0 saturated carbocycles. The average Bonchev–Trinajstić information content (AvgIpc) is 2.64. The minimum Gasteiger partial charge on any atom is -0.367 e. The Bertz CT molecular complexity index is 826. The summed E-state index contributed by atoms with van der Waals surface area (Å²) in [6, 6.07) is 14.1. The first-order chi connectivity index (χ1) is 12.1. The van der Waals surface area contributed by atoms with Gasteiger partial charge in [0.1, 0.15) is 0 Å². The van der Waals surface area contributed by atoms with E-state index in [0.29, 0.717) is 47.5 Å². The minimum atomic E-state index is -0.174. The van der Waals surface area contributed by atoms with Gasteiger partial charge in [0.05, 0.1) is 22.3 Å². The number of rotatable bonds is 2. The lowest BCUT2D eigenvalue weighted by molar-refractivity contribution is 0.208. The van der Waals surface area contributed by atoms with E-state index in [1.807, 2.05) is 6.07 Å². The third-order valence-electron chi connectivity index (χ3n) is 4.06. The van der Waals surface area contributed by atoms with Crippen molar-refractivity contribution in [3.8, 4) is 6.07 Å². The number of anilines is 2. The summed E-state index contributed by atoms with van der Waals surface area (Å²) in [4.78, 5) is 16.3. The average molecular weight is 375 g/mol. The maximum Gasteiger partial charge on any atom is 0.321 e. The van der Waals surface area contributed by atoms with Gasteiger partial charge in [0.25, 0.3) is 0 Å². The largest absolute Gasteiger partial charge is 0.367 e. The Labute approximate surface area is 156 Å². The molecule has 7 heteroatoms. The molecule has 2 amide bonds. The molecule has 1 N–H and O–H groups in total. The highest BCUT2D eigenvalue weighted by Crippen LogP contribution is 2.29. The number of carbonyl (C=O) groups excluding carboxylic acids is 1. The first kappa shape index (κ1) is 17.4. The lowest BCUT2D eigenvalue weighted by atomic mass is 10.2. The van der Waals surface area contributed by atoms with E-state index >= 15 is 0 Å². The van der Waals surface area contributed by atoms with Crippen LogP contribution in [0.2, 0.25) is 10.0 Å². The quantitative estimate of drug-likeness (QED) is 0.855. The highest BCUT2D eigenvalue weighted by Gasteiger charge is 2.22. The maximum absolute atomic E-state index is 12.4. The first-order valence-corrected chi connectivity index (χ1v) is 8.58. The van der Waals surface area contributed by atoms with Crippen molar-refractivity contribution in [1.82, 2.24) is 4.90 Å². The molecule has 0 spiro atoms. The first-order valence-electron chi connectivity index (χ1n) is 7.83. The van der Waals surface area contributed by atoms with E-state index in [-0.39, 0.29) is 6.03 Å². The van der Waals surface area contributed by atoms with E-state index in [1.54, 1.807) is 41.3 Å². The van der Waals surface area contributed by atoms with Crippen molar-refractivity contribution in [3.05, 3.63) is 58.1 Å². The molecule has 1 aliphatic heterocycles. The van der Waals surface area contributed by atoms with Crippen LogP contribution in [0.15, 0.2) is 42.5 Å². The van der Waals surface area contributed by atoms with Crippen molar-refractivity contribution in [3.63, 3.8) is 0 Å². The minimum absolute atomic E-state index is 0.174. The van der Waals surface area contributed by atoms with Crippen LogP contribution in [0.3, 0.4) is 0 Å². The molecule has 0 aromatic heterocycles. The van der Waals surface area contributed by atoms with Gasteiger partial charge in [-0.2, -0.15) is 5.26 Å². The van der Waals surface area contributed by atoms with E-state index < -0.39 is 0 Å².